The molecule has 0 bridgehead atoms. The number of hydrogen-bond acceptors (Lipinski definition) is 2. The Morgan fingerprint density at radius 2 is 1.67 bits per heavy atom. The molecule has 3 rings (SSSR count). The minimum atomic E-state index is -0.442. The first-order chi connectivity index (χ1) is 13.2. The molecule has 0 spiro atoms. The van der Waals surface area contributed by atoms with Gasteiger partial charge in [-0.2, -0.15) is 0 Å². The number of β-lactam (4-membered cyclic amide) rings is 1. The second-order valence-electron chi connectivity index (χ2n) is 6.20. The molecule has 0 aromatic heterocycles. The van der Waals surface area contributed by atoms with Crippen LogP contribution in [0.15, 0.2) is 60.7 Å². The van der Waals surface area contributed by atoms with E-state index in [2.05, 4.69) is 11.8 Å². The molecule has 27 heavy (non-hydrogen) atoms. The van der Waals surface area contributed by atoms with Gasteiger partial charge in [0.2, 0.25) is 5.91 Å². The molecule has 3 nitrogen and oxygen atoms in total. The highest BCUT2D eigenvalue weighted by molar-refractivity contribution is 6.06. The summed E-state index contributed by atoms with van der Waals surface area (Å²) in [6, 6.07) is 15.0. The van der Waals surface area contributed by atoms with Crippen LogP contribution in [0.25, 0.3) is 6.08 Å². The molecule has 2 aromatic rings. The monoisotopic (exact) mass is 358 g/mol. The van der Waals surface area contributed by atoms with Crippen molar-refractivity contribution in [1.29, 1.82) is 0 Å². The fraction of sp³-hybridized carbons (Fsp3) is 0.174. The van der Waals surface area contributed by atoms with Crippen LogP contribution in [-0.2, 0) is 4.79 Å². The third kappa shape index (κ3) is 3.92. The number of halogens is 1. The van der Waals surface area contributed by atoms with Crippen molar-refractivity contribution < 1.29 is 9.18 Å². The normalized spacial score (nSPS) is 19.0. The summed E-state index contributed by atoms with van der Waals surface area (Å²) in [7, 11) is 0. The Kier molecular flexibility index (Phi) is 5.71. The SMILES string of the molecule is C#CCN(CC#C)[C@@H]1C(=O)N(c2ccc(F)cc2)[C@@H]1/C=C/c1ccccc1. The molecule has 1 aliphatic heterocycles. The van der Waals surface area contributed by atoms with Crippen LogP contribution in [0.4, 0.5) is 10.1 Å². The number of terminal acetylenes is 2. The van der Waals surface area contributed by atoms with Crippen molar-refractivity contribution in [3.8, 4) is 24.7 Å². The number of benzene rings is 2. The van der Waals surface area contributed by atoms with Gasteiger partial charge in [-0.25, -0.2) is 4.39 Å². The fourth-order valence-corrected chi connectivity index (χ4v) is 3.22. The van der Waals surface area contributed by atoms with Gasteiger partial charge in [-0.15, -0.1) is 12.8 Å². The van der Waals surface area contributed by atoms with Gasteiger partial charge in [0.15, 0.2) is 0 Å². The van der Waals surface area contributed by atoms with Gasteiger partial charge in [0.25, 0.3) is 0 Å². The molecule has 134 valence electrons. The lowest BCUT2D eigenvalue weighted by Gasteiger charge is -2.49. The molecule has 0 N–H and O–H groups in total. The lowest BCUT2D eigenvalue weighted by Crippen LogP contribution is -2.70. The van der Waals surface area contributed by atoms with Gasteiger partial charge in [0.05, 0.1) is 19.1 Å². The summed E-state index contributed by atoms with van der Waals surface area (Å²) in [4.78, 5) is 16.3. The van der Waals surface area contributed by atoms with E-state index in [1.165, 1.54) is 12.1 Å². The van der Waals surface area contributed by atoms with Crippen molar-refractivity contribution >= 4 is 17.7 Å². The predicted molar refractivity (Wildman–Crippen MR) is 106 cm³/mol. The molecular formula is C23H19FN2O. The van der Waals surface area contributed by atoms with Gasteiger partial charge in [-0.05, 0) is 29.8 Å². The Labute approximate surface area is 159 Å². The van der Waals surface area contributed by atoms with E-state index >= 15 is 0 Å². The molecule has 1 fully saturated rings. The van der Waals surface area contributed by atoms with Gasteiger partial charge >= 0.3 is 0 Å². The molecule has 0 unspecified atom stereocenters. The lowest BCUT2D eigenvalue weighted by molar-refractivity contribution is -0.130. The van der Waals surface area contributed by atoms with Crippen LogP contribution in [0.5, 0.6) is 0 Å². The summed E-state index contributed by atoms with van der Waals surface area (Å²) in [6.07, 6.45) is 14.8. The van der Waals surface area contributed by atoms with Crippen LogP contribution < -0.4 is 4.90 Å². The molecule has 1 aliphatic rings. The van der Waals surface area contributed by atoms with Crippen molar-refractivity contribution in [2.24, 2.45) is 0 Å². The first kappa shape index (κ1) is 18.5. The van der Waals surface area contributed by atoms with Gasteiger partial charge in [0, 0.05) is 5.69 Å². The van der Waals surface area contributed by atoms with Gasteiger partial charge in [-0.3, -0.25) is 9.69 Å². The summed E-state index contributed by atoms with van der Waals surface area (Å²) < 4.78 is 13.3. The van der Waals surface area contributed by atoms with Crippen LogP contribution in [-0.4, -0.2) is 36.0 Å². The summed E-state index contributed by atoms with van der Waals surface area (Å²) >= 11 is 0. The van der Waals surface area contributed by atoms with Crippen molar-refractivity contribution in [3.63, 3.8) is 0 Å². The van der Waals surface area contributed by atoms with E-state index in [0.29, 0.717) is 5.69 Å². The Hall–Kier alpha value is -3.34. The van der Waals surface area contributed by atoms with Crippen LogP contribution >= 0.6 is 0 Å². The third-order valence-electron chi connectivity index (χ3n) is 4.48. The molecule has 1 saturated heterocycles. The smallest absolute Gasteiger partial charge is 0.247 e. The number of amides is 1. The van der Waals surface area contributed by atoms with E-state index in [1.54, 1.807) is 17.0 Å². The molecule has 2 aromatic carbocycles. The lowest BCUT2D eigenvalue weighted by atomic mass is 9.91. The first-order valence-corrected chi connectivity index (χ1v) is 8.58. The number of hydrogen-bond donors (Lipinski definition) is 0. The predicted octanol–water partition coefficient (Wildman–Crippen LogP) is 3.19. The maximum atomic E-state index is 13.3. The quantitative estimate of drug-likeness (QED) is 0.585. The minimum Gasteiger partial charge on any atom is -0.302 e. The summed E-state index contributed by atoms with van der Waals surface area (Å²) in [5.41, 5.74) is 1.66. The average Bonchev–Trinajstić information content (AvgIpc) is 2.68. The van der Waals surface area contributed by atoms with Crippen molar-refractivity contribution in [1.82, 2.24) is 4.90 Å². The molecule has 1 amide bonds. The molecule has 0 aliphatic carbocycles. The Balaban J connectivity index is 1.92. The van der Waals surface area contributed by atoms with Crippen molar-refractivity contribution in [3.05, 3.63) is 72.1 Å². The van der Waals surface area contributed by atoms with E-state index in [1.807, 2.05) is 47.4 Å². The van der Waals surface area contributed by atoms with Crippen LogP contribution in [0.2, 0.25) is 0 Å². The van der Waals surface area contributed by atoms with Crippen molar-refractivity contribution in [2.75, 3.05) is 18.0 Å². The summed E-state index contributed by atoms with van der Waals surface area (Å²) in [5, 5.41) is 0. The highest BCUT2D eigenvalue weighted by Crippen LogP contribution is 2.32. The molecule has 0 radical (unpaired) electrons. The number of nitrogens with zero attached hydrogens (tertiary/aromatic N) is 2. The summed E-state index contributed by atoms with van der Waals surface area (Å²) in [6.45, 7) is 0.571. The highest BCUT2D eigenvalue weighted by Gasteiger charge is 2.49. The summed E-state index contributed by atoms with van der Waals surface area (Å²) in [5.74, 6) is 4.68. The number of rotatable bonds is 6. The zero-order valence-electron chi connectivity index (χ0n) is 14.8. The second-order valence-corrected chi connectivity index (χ2v) is 6.20. The van der Waals surface area contributed by atoms with Crippen LogP contribution in [0.3, 0.4) is 0 Å². The Morgan fingerprint density at radius 3 is 2.26 bits per heavy atom. The molecule has 4 heteroatoms. The first-order valence-electron chi connectivity index (χ1n) is 8.58. The Bertz CT molecular complexity index is 890. The molecule has 2 atom stereocenters. The van der Waals surface area contributed by atoms with Gasteiger partial charge < -0.3 is 4.90 Å². The second kappa shape index (κ2) is 8.36. The largest absolute Gasteiger partial charge is 0.302 e. The van der Waals surface area contributed by atoms with E-state index in [4.69, 9.17) is 12.8 Å². The maximum absolute atomic E-state index is 13.3. The highest BCUT2D eigenvalue weighted by atomic mass is 19.1. The van der Waals surface area contributed by atoms with Gasteiger partial charge in [-0.1, -0.05) is 54.3 Å². The van der Waals surface area contributed by atoms with Crippen LogP contribution in [0, 0.1) is 30.5 Å². The average molecular weight is 358 g/mol. The zero-order chi connectivity index (χ0) is 19.2. The van der Waals surface area contributed by atoms with Crippen LogP contribution in [0.1, 0.15) is 5.56 Å². The van der Waals surface area contributed by atoms with Gasteiger partial charge in [0.1, 0.15) is 11.9 Å². The van der Waals surface area contributed by atoms with E-state index < -0.39 is 6.04 Å². The van der Waals surface area contributed by atoms with E-state index in [-0.39, 0.29) is 30.9 Å². The number of carbonyl (C=O) groups is 1. The fourth-order valence-electron chi connectivity index (χ4n) is 3.22. The van der Waals surface area contributed by atoms with E-state index in [0.717, 1.165) is 5.56 Å². The topological polar surface area (TPSA) is 23.6 Å². The maximum Gasteiger partial charge on any atom is 0.247 e. The Morgan fingerprint density at radius 1 is 1.04 bits per heavy atom. The molecule has 1 heterocycles. The molecular weight excluding hydrogens is 339 g/mol. The minimum absolute atomic E-state index is 0.102. The number of anilines is 1. The van der Waals surface area contributed by atoms with Crippen molar-refractivity contribution in [2.45, 2.75) is 12.1 Å². The standard InChI is InChI=1S/C23H19FN2O/c1-3-16-25(17-4-2)22-21(15-10-18-8-6-5-7-9-18)26(23(22)27)20-13-11-19(24)12-14-20/h1-2,5-15,21-22H,16-17H2/b15-10+/t21-,22+/m1/s1. The van der Waals surface area contributed by atoms with E-state index in [9.17, 15) is 9.18 Å². The molecule has 0 saturated carbocycles. The number of carbonyl (C=O) groups excluding carboxylic acids is 1. The third-order valence-corrected chi connectivity index (χ3v) is 4.48. The zero-order valence-corrected chi connectivity index (χ0v) is 14.8.